The van der Waals surface area contributed by atoms with Gasteiger partial charge in [-0.05, 0) is 36.1 Å². The molecule has 0 spiro atoms. The maximum Gasteiger partial charge on any atom is 0.234 e. The predicted molar refractivity (Wildman–Crippen MR) is 115 cm³/mol. The number of benzene rings is 2. The maximum atomic E-state index is 13.9. The summed E-state index contributed by atoms with van der Waals surface area (Å²) in [4.78, 5) is 12.3. The molecule has 0 radical (unpaired) electrons. The number of halogens is 1. The second-order valence-electron chi connectivity index (χ2n) is 7.39. The van der Waals surface area contributed by atoms with Crippen molar-refractivity contribution in [3.63, 3.8) is 0 Å². The Kier molecular flexibility index (Phi) is 7.04. The Labute approximate surface area is 174 Å². The average molecular weight is 413 g/mol. The summed E-state index contributed by atoms with van der Waals surface area (Å²) in [5.41, 5.74) is 2.16. The van der Waals surface area contributed by atoms with Crippen LogP contribution in [-0.2, 0) is 17.8 Å². The molecule has 1 aromatic heterocycles. The first kappa shape index (κ1) is 21.0. The monoisotopic (exact) mass is 412 g/mol. The third kappa shape index (κ3) is 5.90. The zero-order valence-corrected chi connectivity index (χ0v) is 17.7. The van der Waals surface area contributed by atoms with Crippen LogP contribution in [0, 0.1) is 18.7 Å². The number of nitrogens with zero attached hydrogens (tertiary/aromatic N) is 3. The Morgan fingerprint density at radius 1 is 1.17 bits per heavy atom. The lowest BCUT2D eigenvalue weighted by Crippen LogP contribution is -2.16. The smallest absolute Gasteiger partial charge is 0.234 e. The van der Waals surface area contributed by atoms with Gasteiger partial charge in [-0.15, -0.1) is 10.2 Å². The quantitative estimate of drug-likeness (QED) is 0.545. The number of aromatic nitrogens is 3. The fourth-order valence-electron chi connectivity index (χ4n) is 2.92. The van der Waals surface area contributed by atoms with E-state index < -0.39 is 5.82 Å². The molecule has 2 aromatic carbocycles. The average Bonchev–Trinajstić information content (AvgIpc) is 3.04. The summed E-state index contributed by atoms with van der Waals surface area (Å²) >= 11 is 1.31. The molecule has 1 heterocycles. The normalized spacial score (nSPS) is 11.1. The summed E-state index contributed by atoms with van der Waals surface area (Å²) < 4.78 is 16.0. The van der Waals surface area contributed by atoms with Crippen LogP contribution in [0.5, 0.6) is 0 Å². The Morgan fingerprint density at radius 3 is 2.62 bits per heavy atom. The molecule has 0 saturated carbocycles. The lowest BCUT2D eigenvalue weighted by atomic mass is 10.1. The van der Waals surface area contributed by atoms with E-state index in [-0.39, 0.29) is 17.3 Å². The van der Waals surface area contributed by atoms with E-state index in [0.29, 0.717) is 17.5 Å². The lowest BCUT2D eigenvalue weighted by Gasteiger charge is -2.12. The van der Waals surface area contributed by atoms with E-state index in [9.17, 15) is 9.18 Å². The summed E-state index contributed by atoms with van der Waals surface area (Å²) in [5, 5.41) is 12.0. The molecule has 0 unspecified atom stereocenters. The van der Waals surface area contributed by atoms with Crippen LogP contribution < -0.4 is 5.32 Å². The number of carbonyl (C=O) groups is 1. The van der Waals surface area contributed by atoms with Gasteiger partial charge in [0.15, 0.2) is 5.16 Å². The fourth-order valence-corrected chi connectivity index (χ4v) is 3.69. The van der Waals surface area contributed by atoms with Crippen molar-refractivity contribution in [2.24, 2.45) is 5.92 Å². The number of thioether (sulfide) groups is 1. The Hall–Kier alpha value is -2.67. The van der Waals surface area contributed by atoms with Gasteiger partial charge in [0.25, 0.3) is 0 Å². The molecule has 0 aliphatic rings. The second-order valence-corrected chi connectivity index (χ2v) is 8.33. The van der Waals surface area contributed by atoms with Crippen LogP contribution in [0.25, 0.3) is 0 Å². The number of hydrogen-bond donors (Lipinski definition) is 1. The highest BCUT2D eigenvalue weighted by Gasteiger charge is 2.16. The van der Waals surface area contributed by atoms with Crippen molar-refractivity contribution in [2.75, 3.05) is 11.1 Å². The van der Waals surface area contributed by atoms with Crippen LogP contribution in [0.4, 0.5) is 10.1 Å². The van der Waals surface area contributed by atoms with Crippen LogP contribution in [0.2, 0.25) is 0 Å². The van der Waals surface area contributed by atoms with Crippen LogP contribution >= 0.6 is 11.8 Å². The van der Waals surface area contributed by atoms with Gasteiger partial charge in [0, 0.05) is 13.0 Å². The van der Waals surface area contributed by atoms with Crippen LogP contribution in [-0.4, -0.2) is 26.4 Å². The Bertz CT molecular complexity index is 972. The topological polar surface area (TPSA) is 59.8 Å². The summed E-state index contributed by atoms with van der Waals surface area (Å²) in [6.07, 6.45) is 0.682. The lowest BCUT2D eigenvalue weighted by molar-refractivity contribution is -0.113. The molecule has 5 nitrogen and oxygen atoms in total. The molecule has 0 aliphatic heterocycles. The minimum Gasteiger partial charge on any atom is -0.323 e. The molecule has 29 heavy (non-hydrogen) atoms. The molecule has 0 aliphatic carbocycles. The standard InChI is InChI=1S/C22H25FN4OS/c1-15(2)13-27-20(12-17-7-5-4-6-8-17)25-26-22(27)29-14-21(28)24-19-10-9-16(3)11-18(19)23/h4-11,15H,12-14H2,1-3H3,(H,24,28). The number of hydrogen-bond acceptors (Lipinski definition) is 4. The van der Waals surface area contributed by atoms with Gasteiger partial charge in [-0.2, -0.15) is 0 Å². The molecule has 0 saturated heterocycles. The van der Waals surface area contributed by atoms with E-state index in [4.69, 9.17) is 0 Å². The molecular weight excluding hydrogens is 387 g/mol. The van der Waals surface area contributed by atoms with Crippen molar-refractivity contribution < 1.29 is 9.18 Å². The van der Waals surface area contributed by atoms with Crippen molar-refractivity contribution in [1.29, 1.82) is 0 Å². The van der Waals surface area contributed by atoms with Gasteiger partial charge in [-0.1, -0.05) is 62.0 Å². The maximum absolute atomic E-state index is 13.9. The number of rotatable bonds is 8. The van der Waals surface area contributed by atoms with Gasteiger partial charge >= 0.3 is 0 Å². The number of amides is 1. The highest BCUT2D eigenvalue weighted by atomic mass is 32.2. The van der Waals surface area contributed by atoms with Crippen molar-refractivity contribution in [3.05, 3.63) is 71.3 Å². The Morgan fingerprint density at radius 2 is 1.93 bits per heavy atom. The van der Waals surface area contributed by atoms with E-state index >= 15 is 0 Å². The number of carbonyl (C=O) groups excluding carboxylic acids is 1. The third-order valence-electron chi connectivity index (χ3n) is 4.28. The van der Waals surface area contributed by atoms with Gasteiger partial charge in [-0.3, -0.25) is 4.79 Å². The fraction of sp³-hybridized carbons (Fsp3) is 0.318. The molecule has 0 atom stereocenters. The van der Waals surface area contributed by atoms with Gasteiger partial charge in [-0.25, -0.2) is 4.39 Å². The zero-order valence-electron chi connectivity index (χ0n) is 16.9. The number of aryl methyl sites for hydroxylation is 1. The number of nitrogens with one attached hydrogen (secondary N) is 1. The Balaban J connectivity index is 1.68. The minimum absolute atomic E-state index is 0.134. The first-order valence-corrected chi connectivity index (χ1v) is 10.6. The molecule has 1 N–H and O–H groups in total. The van der Waals surface area contributed by atoms with E-state index in [1.54, 1.807) is 19.1 Å². The predicted octanol–water partition coefficient (Wildman–Crippen LogP) is 4.70. The number of anilines is 1. The van der Waals surface area contributed by atoms with E-state index in [0.717, 1.165) is 23.5 Å². The van der Waals surface area contributed by atoms with Crippen molar-refractivity contribution in [3.8, 4) is 0 Å². The summed E-state index contributed by atoms with van der Waals surface area (Å²) in [6.45, 7) is 6.84. The first-order chi connectivity index (χ1) is 13.9. The summed E-state index contributed by atoms with van der Waals surface area (Å²) in [7, 11) is 0. The first-order valence-electron chi connectivity index (χ1n) is 9.57. The molecule has 0 bridgehead atoms. The molecule has 1 amide bonds. The summed E-state index contributed by atoms with van der Waals surface area (Å²) in [6, 6.07) is 14.9. The van der Waals surface area contributed by atoms with E-state index in [1.165, 1.54) is 17.8 Å². The van der Waals surface area contributed by atoms with Gasteiger partial charge in [0.1, 0.15) is 11.6 Å². The van der Waals surface area contributed by atoms with Crippen LogP contribution in [0.15, 0.2) is 53.7 Å². The largest absolute Gasteiger partial charge is 0.323 e. The van der Waals surface area contributed by atoms with Gasteiger partial charge in [0.05, 0.1) is 11.4 Å². The molecule has 3 aromatic rings. The van der Waals surface area contributed by atoms with Crippen molar-refractivity contribution in [2.45, 2.75) is 38.9 Å². The van der Waals surface area contributed by atoms with Crippen molar-refractivity contribution in [1.82, 2.24) is 14.8 Å². The van der Waals surface area contributed by atoms with Crippen molar-refractivity contribution >= 4 is 23.4 Å². The summed E-state index contributed by atoms with van der Waals surface area (Å²) in [5.74, 6) is 0.709. The third-order valence-corrected chi connectivity index (χ3v) is 5.24. The van der Waals surface area contributed by atoms with Crippen LogP contribution in [0.1, 0.15) is 30.8 Å². The highest BCUT2D eigenvalue weighted by molar-refractivity contribution is 7.99. The second kappa shape index (κ2) is 9.69. The van der Waals surface area contributed by atoms with Crippen LogP contribution in [0.3, 0.4) is 0 Å². The molecule has 0 fully saturated rings. The van der Waals surface area contributed by atoms with E-state index in [2.05, 4.69) is 46.1 Å². The SMILES string of the molecule is Cc1ccc(NC(=O)CSc2nnc(Cc3ccccc3)n2CC(C)C)c(F)c1. The zero-order chi connectivity index (χ0) is 20.8. The molecule has 3 rings (SSSR count). The minimum atomic E-state index is -0.434. The molecule has 7 heteroatoms. The molecule has 152 valence electrons. The van der Waals surface area contributed by atoms with Gasteiger partial charge < -0.3 is 9.88 Å². The van der Waals surface area contributed by atoms with Gasteiger partial charge in [0.2, 0.25) is 5.91 Å². The van der Waals surface area contributed by atoms with E-state index in [1.807, 2.05) is 18.2 Å². The molecular formula is C22H25FN4OS. The highest BCUT2D eigenvalue weighted by Crippen LogP contribution is 2.21.